The summed E-state index contributed by atoms with van der Waals surface area (Å²) in [5.41, 5.74) is 2.12. The average molecular weight is 429 g/mol. The van der Waals surface area contributed by atoms with E-state index in [-0.39, 0.29) is 28.8 Å². The van der Waals surface area contributed by atoms with E-state index in [9.17, 15) is 18.0 Å². The van der Waals surface area contributed by atoms with Crippen LogP contribution in [0.2, 0.25) is 0 Å². The largest absolute Gasteiger partial charge is 0.492 e. The normalized spacial score (nSPS) is 13.3. The van der Waals surface area contributed by atoms with Gasteiger partial charge in [-0.25, -0.2) is 13.6 Å². The van der Waals surface area contributed by atoms with Crippen LogP contribution in [0.4, 0.5) is 11.4 Å². The van der Waals surface area contributed by atoms with Crippen LogP contribution in [0.1, 0.15) is 29.3 Å². The predicted molar refractivity (Wildman–Crippen MR) is 114 cm³/mol. The van der Waals surface area contributed by atoms with E-state index in [1.807, 2.05) is 0 Å². The first-order valence-corrected chi connectivity index (χ1v) is 11.0. The topological polar surface area (TPSA) is 119 Å². The molecule has 1 heterocycles. The quantitative estimate of drug-likeness (QED) is 0.684. The maximum absolute atomic E-state index is 13.0. The van der Waals surface area contributed by atoms with E-state index in [1.54, 1.807) is 36.1 Å². The number of anilines is 2. The van der Waals surface area contributed by atoms with E-state index in [1.165, 1.54) is 18.2 Å². The molecule has 8 nitrogen and oxygen atoms in total. The number of benzene rings is 2. The molecule has 0 saturated heterocycles. The van der Waals surface area contributed by atoms with Crippen molar-refractivity contribution in [1.82, 2.24) is 0 Å². The van der Waals surface area contributed by atoms with Gasteiger partial charge in [-0.05, 0) is 61.7 Å². The van der Waals surface area contributed by atoms with Gasteiger partial charge in [-0.1, -0.05) is 12.6 Å². The monoisotopic (exact) mass is 429 g/mol. The molecule has 0 saturated carbocycles. The van der Waals surface area contributed by atoms with Gasteiger partial charge in [0.25, 0.3) is 5.91 Å². The van der Waals surface area contributed by atoms with Gasteiger partial charge in [0.1, 0.15) is 10.6 Å². The molecule has 0 atom stereocenters. The Morgan fingerprint density at radius 1 is 1.30 bits per heavy atom. The number of carbonyl (C=O) groups excluding carboxylic acids is 2. The molecular weight excluding hydrogens is 406 g/mol. The van der Waals surface area contributed by atoms with Crippen LogP contribution < -0.4 is 20.1 Å². The molecule has 9 heteroatoms. The van der Waals surface area contributed by atoms with Crippen molar-refractivity contribution in [2.75, 3.05) is 23.4 Å². The summed E-state index contributed by atoms with van der Waals surface area (Å²) in [5, 5.41) is 7.99. The summed E-state index contributed by atoms with van der Waals surface area (Å²) in [7, 11) is -4.04. The fourth-order valence-electron chi connectivity index (χ4n) is 3.46. The van der Waals surface area contributed by atoms with Crippen LogP contribution >= 0.6 is 0 Å². The van der Waals surface area contributed by atoms with Gasteiger partial charge >= 0.3 is 0 Å². The summed E-state index contributed by atoms with van der Waals surface area (Å²) in [4.78, 5) is 26.5. The summed E-state index contributed by atoms with van der Waals surface area (Å²) in [6.45, 7) is 6.08. The number of carbonyl (C=O) groups is 2. The number of primary sulfonamides is 1. The zero-order chi connectivity index (χ0) is 21.9. The van der Waals surface area contributed by atoms with E-state index in [2.05, 4.69) is 11.9 Å². The molecule has 2 aromatic rings. The number of nitrogens with one attached hydrogen (secondary N) is 1. The number of nitrogens with zero attached hydrogens (tertiary/aromatic N) is 1. The Bertz CT molecular complexity index is 1110. The van der Waals surface area contributed by atoms with Gasteiger partial charge in [-0.2, -0.15) is 0 Å². The summed E-state index contributed by atoms with van der Waals surface area (Å²) >= 11 is 0. The molecule has 1 aliphatic heterocycles. The van der Waals surface area contributed by atoms with E-state index < -0.39 is 15.9 Å². The molecule has 30 heavy (non-hydrogen) atoms. The van der Waals surface area contributed by atoms with Gasteiger partial charge in [0.05, 0.1) is 6.61 Å². The van der Waals surface area contributed by atoms with Crippen molar-refractivity contribution in [2.24, 2.45) is 5.14 Å². The van der Waals surface area contributed by atoms with Crippen LogP contribution in [-0.2, 0) is 21.2 Å². The Kier molecular flexibility index (Phi) is 6.23. The number of fused-ring (bicyclic) bond motifs is 1. The molecule has 158 valence electrons. The van der Waals surface area contributed by atoms with Crippen molar-refractivity contribution in [3.63, 3.8) is 0 Å². The number of ether oxygens (including phenoxy) is 1. The summed E-state index contributed by atoms with van der Waals surface area (Å²) in [6, 6.07) is 9.43. The lowest BCUT2D eigenvalue weighted by atomic mass is 9.95. The minimum absolute atomic E-state index is 0.119. The standard InChI is InChI=1S/C21H23N3O5S/c1-3-20(25)24-12-6-8-15-16(7-5-9-17(15)24)21(26)23-14-10-11-18(29-4-2)19(13-14)30(22,27)28/h3,5,7,9-11,13H,1,4,6,8,12H2,2H3,(H,23,26)(H2,22,27,28). The van der Waals surface area contributed by atoms with Gasteiger partial charge < -0.3 is 15.0 Å². The van der Waals surface area contributed by atoms with Crippen LogP contribution in [0.5, 0.6) is 5.75 Å². The molecular formula is C21H23N3O5S. The molecule has 0 radical (unpaired) electrons. The molecule has 2 aromatic carbocycles. The molecule has 2 amide bonds. The minimum Gasteiger partial charge on any atom is -0.492 e. The maximum Gasteiger partial charge on any atom is 0.256 e. The third-order valence-corrected chi connectivity index (χ3v) is 5.68. The Hall–Kier alpha value is -3.17. The van der Waals surface area contributed by atoms with E-state index >= 15 is 0 Å². The Labute approximate surface area is 175 Å². The number of hydrogen-bond acceptors (Lipinski definition) is 5. The fraction of sp³-hybridized carbons (Fsp3) is 0.238. The van der Waals surface area contributed by atoms with Gasteiger partial charge in [0, 0.05) is 23.5 Å². The van der Waals surface area contributed by atoms with Crippen molar-refractivity contribution in [3.05, 3.63) is 60.2 Å². The van der Waals surface area contributed by atoms with Gasteiger partial charge in [-0.15, -0.1) is 0 Å². The molecule has 0 aromatic heterocycles. The molecule has 0 bridgehead atoms. The van der Waals surface area contributed by atoms with Crippen molar-refractivity contribution in [2.45, 2.75) is 24.7 Å². The summed E-state index contributed by atoms with van der Waals surface area (Å²) in [5.74, 6) is -0.518. The first-order valence-electron chi connectivity index (χ1n) is 9.43. The summed E-state index contributed by atoms with van der Waals surface area (Å²) < 4.78 is 29.1. The third kappa shape index (κ3) is 4.37. The number of amides is 2. The number of hydrogen-bond donors (Lipinski definition) is 2. The van der Waals surface area contributed by atoms with Gasteiger partial charge in [-0.3, -0.25) is 9.59 Å². The second-order valence-electron chi connectivity index (χ2n) is 6.69. The summed E-state index contributed by atoms with van der Waals surface area (Å²) in [6.07, 6.45) is 2.61. The third-order valence-electron chi connectivity index (χ3n) is 4.74. The van der Waals surface area contributed by atoms with Crippen LogP contribution in [-0.4, -0.2) is 33.4 Å². The zero-order valence-corrected chi connectivity index (χ0v) is 17.4. The highest BCUT2D eigenvalue weighted by molar-refractivity contribution is 7.89. The van der Waals surface area contributed by atoms with Crippen LogP contribution in [0, 0.1) is 0 Å². The first kappa shape index (κ1) is 21.5. The van der Waals surface area contributed by atoms with Gasteiger partial charge in [0.15, 0.2) is 0 Å². The smallest absolute Gasteiger partial charge is 0.256 e. The molecule has 0 unspecified atom stereocenters. The molecule has 0 aliphatic carbocycles. The van der Waals surface area contributed by atoms with Crippen LogP contribution in [0.15, 0.2) is 53.9 Å². The van der Waals surface area contributed by atoms with E-state index in [4.69, 9.17) is 9.88 Å². The lowest BCUT2D eigenvalue weighted by Crippen LogP contribution is -2.35. The average Bonchev–Trinajstić information content (AvgIpc) is 2.72. The SMILES string of the molecule is C=CC(=O)N1CCCc2c(C(=O)Nc3ccc(OCC)c(S(N)(=O)=O)c3)cccc21. The highest BCUT2D eigenvalue weighted by atomic mass is 32.2. The highest BCUT2D eigenvalue weighted by Gasteiger charge is 2.25. The van der Waals surface area contributed by atoms with Crippen LogP contribution in [0.3, 0.4) is 0 Å². The molecule has 3 rings (SSSR count). The van der Waals surface area contributed by atoms with Crippen molar-refractivity contribution in [3.8, 4) is 5.75 Å². The number of rotatable bonds is 6. The molecule has 1 aliphatic rings. The molecule has 0 fully saturated rings. The number of nitrogens with two attached hydrogens (primary N) is 1. The maximum atomic E-state index is 13.0. The van der Waals surface area contributed by atoms with Crippen molar-refractivity contribution in [1.29, 1.82) is 0 Å². The fourth-order valence-corrected chi connectivity index (χ4v) is 4.16. The predicted octanol–water partition coefficient (Wildman–Crippen LogP) is 2.45. The Morgan fingerprint density at radius 3 is 2.73 bits per heavy atom. The lowest BCUT2D eigenvalue weighted by Gasteiger charge is -2.29. The second-order valence-corrected chi connectivity index (χ2v) is 8.22. The highest BCUT2D eigenvalue weighted by Crippen LogP contribution is 2.31. The number of sulfonamides is 1. The second kappa shape index (κ2) is 8.68. The zero-order valence-electron chi connectivity index (χ0n) is 16.6. The van der Waals surface area contributed by atoms with Crippen LogP contribution in [0.25, 0.3) is 0 Å². The Balaban J connectivity index is 1.94. The molecule has 3 N–H and O–H groups in total. The van der Waals surface area contributed by atoms with Crippen molar-refractivity contribution >= 4 is 33.2 Å². The first-order chi connectivity index (χ1) is 14.3. The van der Waals surface area contributed by atoms with E-state index in [0.29, 0.717) is 24.2 Å². The minimum atomic E-state index is -4.04. The van der Waals surface area contributed by atoms with Gasteiger partial charge in [0.2, 0.25) is 15.9 Å². The molecule has 0 spiro atoms. The Morgan fingerprint density at radius 2 is 2.07 bits per heavy atom. The van der Waals surface area contributed by atoms with E-state index in [0.717, 1.165) is 12.0 Å². The lowest BCUT2D eigenvalue weighted by molar-refractivity contribution is -0.114. The van der Waals surface area contributed by atoms with Crippen molar-refractivity contribution < 1.29 is 22.7 Å².